The number of quaternary nitrogens is 1. The van der Waals surface area contributed by atoms with Crippen LogP contribution in [0, 0.1) is 0 Å². The minimum Gasteiger partial charge on any atom is -0.331 e. The third kappa shape index (κ3) is 9.70. The van der Waals surface area contributed by atoms with Gasteiger partial charge in [-0.2, -0.15) is 0 Å². The number of unbranched alkanes of at least 4 members (excludes halogenated alkanes) is 2. The minimum atomic E-state index is 1.08. The Morgan fingerprint density at radius 2 is 1.58 bits per heavy atom. The van der Waals surface area contributed by atoms with Gasteiger partial charge in [0.05, 0.1) is 27.7 Å². The molecule has 0 aliphatic rings. The molecule has 0 unspecified atom stereocenters. The van der Waals surface area contributed by atoms with E-state index in [9.17, 15) is 0 Å². The third-order valence-electron chi connectivity index (χ3n) is 1.82. The van der Waals surface area contributed by atoms with E-state index in [-0.39, 0.29) is 0 Å². The van der Waals surface area contributed by atoms with Crippen molar-refractivity contribution >= 4 is 0 Å². The summed E-state index contributed by atoms with van der Waals surface area (Å²) in [6, 6.07) is 0. The second kappa shape index (κ2) is 6.24. The Bertz CT molecular complexity index is 119. The Morgan fingerprint density at radius 1 is 1.00 bits per heavy atom. The van der Waals surface area contributed by atoms with Gasteiger partial charge >= 0.3 is 0 Å². The fourth-order valence-corrected chi connectivity index (χ4v) is 1.09. The lowest BCUT2D eigenvalue weighted by Crippen LogP contribution is -2.35. The van der Waals surface area contributed by atoms with Gasteiger partial charge in [-0.1, -0.05) is 25.5 Å². The van der Waals surface area contributed by atoms with Gasteiger partial charge in [0.1, 0.15) is 0 Å². The largest absolute Gasteiger partial charge is 0.331 e. The first-order valence-corrected chi connectivity index (χ1v) is 5.01. The van der Waals surface area contributed by atoms with Crippen molar-refractivity contribution in [2.75, 3.05) is 27.7 Å². The van der Waals surface area contributed by atoms with E-state index >= 15 is 0 Å². The Kier molecular flexibility index (Phi) is 6.09. The molecule has 0 bridgehead atoms. The molecule has 0 heterocycles. The van der Waals surface area contributed by atoms with Gasteiger partial charge in [-0.3, -0.25) is 0 Å². The van der Waals surface area contributed by atoms with Crippen molar-refractivity contribution in [3.8, 4) is 0 Å². The highest BCUT2D eigenvalue weighted by molar-refractivity contribution is 4.80. The monoisotopic (exact) mass is 170 g/mol. The molecule has 0 saturated heterocycles. The maximum Gasteiger partial charge on any atom is 0.0783 e. The predicted octanol–water partition coefficient (Wildman–Crippen LogP) is 2.83. The predicted molar refractivity (Wildman–Crippen MR) is 56.2 cm³/mol. The van der Waals surface area contributed by atoms with Gasteiger partial charge in [0.2, 0.25) is 0 Å². The van der Waals surface area contributed by atoms with Gasteiger partial charge in [-0.05, 0) is 19.3 Å². The van der Waals surface area contributed by atoms with Gasteiger partial charge < -0.3 is 4.48 Å². The summed E-state index contributed by atoms with van der Waals surface area (Å²) in [5.41, 5.74) is 0. The Hall–Kier alpha value is -0.300. The van der Waals surface area contributed by atoms with E-state index in [0.29, 0.717) is 0 Å². The fourth-order valence-electron chi connectivity index (χ4n) is 1.09. The summed E-state index contributed by atoms with van der Waals surface area (Å²) in [5, 5.41) is 0. The number of allylic oxidation sites excluding steroid dienone is 2. The molecule has 72 valence electrons. The normalized spacial score (nSPS) is 12.7. The SMILES string of the molecule is CCC/C=C/CCC[N+](C)(C)C. The van der Waals surface area contributed by atoms with Gasteiger partial charge in [-0.15, -0.1) is 0 Å². The number of rotatable bonds is 6. The minimum absolute atomic E-state index is 1.08. The fraction of sp³-hybridized carbons (Fsp3) is 0.818. The zero-order valence-electron chi connectivity index (χ0n) is 9.14. The highest BCUT2D eigenvalue weighted by Gasteiger charge is 2.03. The first-order chi connectivity index (χ1) is 5.56. The highest BCUT2D eigenvalue weighted by Crippen LogP contribution is 1.99. The topological polar surface area (TPSA) is 0 Å². The molecule has 0 aliphatic heterocycles. The molecule has 0 aliphatic carbocycles. The summed E-state index contributed by atoms with van der Waals surface area (Å²) < 4.78 is 1.08. The van der Waals surface area contributed by atoms with Crippen LogP contribution in [0.2, 0.25) is 0 Å². The Morgan fingerprint density at radius 3 is 2.08 bits per heavy atom. The first kappa shape index (κ1) is 11.7. The molecule has 0 radical (unpaired) electrons. The van der Waals surface area contributed by atoms with Crippen LogP contribution in [0.4, 0.5) is 0 Å². The van der Waals surface area contributed by atoms with E-state index in [1.54, 1.807) is 0 Å². The van der Waals surface area contributed by atoms with E-state index in [1.165, 1.54) is 32.2 Å². The molecule has 0 saturated carbocycles. The summed E-state index contributed by atoms with van der Waals surface area (Å²) >= 11 is 0. The van der Waals surface area contributed by atoms with Crippen molar-refractivity contribution in [2.24, 2.45) is 0 Å². The second-order valence-corrected chi connectivity index (χ2v) is 4.42. The molecular weight excluding hydrogens is 146 g/mol. The van der Waals surface area contributed by atoms with Crippen LogP contribution in [0.3, 0.4) is 0 Å². The van der Waals surface area contributed by atoms with E-state index in [0.717, 1.165) is 4.48 Å². The van der Waals surface area contributed by atoms with Crippen molar-refractivity contribution in [2.45, 2.75) is 32.6 Å². The number of nitrogens with zero attached hydrogens (tertiary/aromatic N) is 1. The van der Waals surface area contributed by atoms with Crippen LogP contribution in [0.15, 0.2) is 12.2 Å². The van der Waals surface area contributed by atoms with Crippen molar-refractivity contribution in [1.29, 1.82) is 0 Å². The smallest absolute Gasteiger partial charge is 0.0783 e. The summed E-state index contributed by atoms with van der Waals surface area (Å²) in [7, 11) is 6.74. The van der Waals surface area contributed by atoms with Gasteiger partial charge in [-0.25, -0.2) is 0 Å². The van der Waals surface area contributed by atoms with Crippen molar-refractivity contribution in [1.82, 2.24) is 0 Å². The highest BCUT2D eigenvalue weighted by atomic mass is 15.3. The van der Waals surface area contributed by atoms with Crippen LogP contribution in [0.25, 0.3) is 0 Å². The molecule has 0 aromatic heterocycles. The summed E-state index contributed by atoms with van der Waals surface area (Å²) in [6.45, 7) is 3.49. The summed E-state index contributed by atoms with van der Waals surface area (Å²) in [5.74, 6) is 0. The lowest BCUT2D eigenvalue weighted by molar-refractivity contribution is -0.870. The third-order valence-corrected chi connectivity index (χ3v) is 1.82. The molecule has 0 amide bonds. The quantitative estimate of drug-likeness (QED) is 0.327. The van der Waals surface area contributed by atoms with Crippen LogP contribution >= 0.6 is 0 Å². The molecular formula is C11H24N+. The molecule has 12 heavy (non-hydrogen) atoms. The standard InChI is InChI=1S/C11H24N/c1-5-6-7-8-9-10-11-12(2,3)4/h7-8H,5-6,9-11H2,1-4H3/q+1/b8-7+. The average molecular weight is 170 g/mol. The summed E-state index contributed by atoms with van der Waals surface area (Å²) in [4.78, 5) is 0. The molecule has 0 N–H and O–H groups in total. The molecule has 1 heteroatoms. The number of hydrogen-bond donors (Lipinski definition) is 0. The molecule has 0 aromatic carbocycles. The van der Waals surface area contributed by atoms with Crippen LogP contribution in [0.1, 0.15) is 32.6 Å². The average Bonchev–Trinajstić information content (AvgIpc) is 1.94. The van der Waals surface area contributed by atoms with Crippen molar-refractivity contribution in [3.63, 3.8) is 0 Å². The first-order valence-electron chi connectivity index (χ1n) is 5.01. The Labute approximate surface area is 77.7 Å². The second-order valence-electron chi connectivity index (χ2n) is 4.42. The van der Waals surface area contributed by atoms with E-state index in [2.05, 4.69) is 40.2 Å². The molecule has 1 nitrogen and oxygen atoms in total. The maximum absolute atomic E-state index is 2.32. The van der Waals surface area contributed by atoms with Crippen molar-refractivity contribution in [3.05, 3.63) is 12.2 Å². The number of hydrogen-bond acceptors (Lipinski definition) is 0. The molecule has 0 rings (SSSR count). The lowest BCUT2D eigenvalue weighted by atomic mass is 10.2. The molecule has 0 atom stereocenters. The van der Waals surface area contributed by atoms with E-state index in [4.69, 9.17) is 0 Å². The molecule has 0 aromatic rings. The van der Waals surface area contributed by atoms with Gasteiger partial charge in [0, 0.05) is 0 Å². The van der Waals surface area contributed by atoms with Crippen molar-refractivity contribution < 1.29 is 4.48 Å². The van der Waals surface area contributed by atoms with Crippen LogP contribution in [-0.4, -0.2) is 32.2 Å². The maximum atomic E-state index is 2.32. The lowest BCUT2D eigenvalue weighted by Gasteiger charge is -2.23. The molecule has 0 spiro atoms. The van der Waals surface area contributed by atoms with Gasteiger partial charge in [0.15, 0.2) is 0 Å². The van der Waals surface area contributed by atoms with Gasteiger partial charge in [0.25, 0.3) is 0 Å². The Balaban J connectivity index is 3.21. The van der Waals surface area contributed by atoms with E-state index in [1.807, 2.05) is 0 Å². The van der Waals surface area contributed by atoms with Crippen LogP contribution < -0.4 is 0 Å². The zero-order valence-corrected chi connectivity index (χ0v) is 9.14. The molecule has 0 fully saturated rings. The van der Waals surface area contributed by atoms with Crippen LogP contribution in [-0.2, 0) is 0 Å². The van der Waals surface area contributed by atoms with E-state index < -0.39 is 0 Å². The zero-order chi connectivity index (χ0) is 9.45. The van der Waals surface area contributed by atoms with Crippen LogP contribution in [0.5, 0.6) is 0 Å². The summed E-state index contributed by atoms with van der Waals surface area (Å²) in [6.07, 6.45) is 9.68.